The fraction of sp³-hybridized carbons (Fsp3) is 0.455. The van der Waals surface area contributed by atoms with Crippen molar-refractivity contribution in [2.75, 3.05) is 13.2 Å². The highest BCUT2D eigenvalue weighted by molar-refractivity contribution is 5.85. The zero-order valence-electron chi connectivity index (χ0n) is 8.57. The van der Waals surface area contributed by atoms with Gasteiger partial charge in [0.2, 0.25) is 0 Å². The number of nitrogens with one attached hydrogen (secondary N) is 1. The van der Waals surface area contributed by atoms with E-state index in [4.69, 9.17) is 4.74 Å². The van der Waals surface area contributed by atoms with Gasteiger partial charge in [-0.1, -0.05) is 25.1 Å². The summed E-state index contributed by atoms with van der Waals surface area (Å²) < 4.78 is 18.9. The molecular weight excluding hydrogens is 217 g/mol. The van der Waals surface area contributed by atoms with Gasteiger partial charge in [-0.3, -0.25) is 5.32 Å². The van der Waals surface area contributed by atoms with Crippen LogP contribution in [0.4, 0.5) is 4.39 Å². The molecule has 1 aliphatic heterocycles. The highest BCUT2D eigenvalue weighted by Crippen LogP contribution is 2.21. The molecule has 1 aromatic rings. The van der Waals surface area contributed by atoms with Gasteiger partial charge in [-0.15, -0.1) is 12.4 Å². The fourth-order valence-corrected chi connectivity index (χ4v) is 1.57. The highest BCUT2D eigenvalue weighted by Gasteiger charge is 2.21. The third-order valence-electron chi connectivity index (χ3n) is 2.39. The Kier molecular flexibility index (Phi) is 4.51. The van der Waals surface area contributed by atoms with Gasteiger partial charge in [0, 0.05) is 12.1 Å². The van der Waals surface area contributed by atoms with Crippen molar-refractivity contribution in [2.45, 2.75) is 13.2 Å². The minimum Gasteiger partial charge on any atom is -0.359 e. The van der Waals surface area contributed by atoms with Gasteiger partial charge in [0.1, 0.15) is 12.0 Å². The van der Waals surface area contributed by atoms with Crippen LogP contribution < -0.4 is 5.32 Å². The molecule has 1 fully saturated rings. The molecule has 0 amide bonds. The molecule has 15 heavy (non-hydrogen) atoms. The monoisotopic (exact) mass is 231 g/mol. The molecule has 0 saturated carbocycles. The summed E-state index contributed by atoms with van der Waals surface area (Å²) in [5.74, 6) is 0.289. The van der Waals surface area contributed by atoms with Crippen molar-refractivity contribution >= 4 is 12.4 Å². The van der Waals surface area contributed by atoms with Crippen LogP contribution >= 0.6 is 12.4 Å². The lowest BCUT2D eigenvalue weighted by Gasteiger charge is -2.28. The second-order valence-electron chi connectivity index (χ2n) is 3.75. The van der Waals surface area contributed by atoms with Gasteiger partial charge in [0.15, 0.2) is 0 Å². The minimum atomic E-state index is -0.285. The first-order valence-corrected chi connectivity index (χ1v) is 4.87. The van der Waals surface area contributed by atoms with Crippen LogP contribution in [0.15, 0.2) is 24.3 Å². The maximum atomic E-state index is 13.4. The summed E-state index contributed by atoms with van der Waals surface area (Å²) >= 11 is 0. The molecule has 1 aliphatic rings. The predicted octanol–water partition coefficient (Wildman–Crippen LogP) is 2.50. The van der Waals surface area contributed by atoms with Crippen molar-refractivity contribution in [2.24, 2.45) is 5.92 Å². The Labute approximate surface area is 95.2 Å². The standard InChI is InChI=1S/C11H14FNO.ClH/c1-8-6-13-11(14-7-8)9-4-2-3-5-10(9)12;/h2-5,8,11,13H,6-7H2,1H3;1H. The smallest absolute Gasteiger partial charge is 0.137 e. The molecule has 2 atom stereocenters. The minimum absolute atomic E-state index is 0. The molecule has 0 spiro atoms. The molecular formula is C11H15ClFNO. The number of rotatable bonds is 1. The van der Waals surface area contributed by atoms with Crippen LogP contribution in [-0.4, -0.2) is 13.2 Å². The Morgan fingerprint density at radius 3 is 2.73 bits per heavy atom. The summed E-state index contributed by atoms with van der Waals surface area (Å²) in [5, 5.41) is 3.16. The van der Waals surface area contributed by atoms with Crippen LogP contribution in [0.3, 0.4) is 0 Å². The first kappa shape index (κ1) is 12.4. The topological polar surface area (TPSA) is 21.3 Å². The average molecular weight is 232 g/mol. The lowest BCUT2D eigenvalue weighted by Crippen LogP contribution is -2.36. The third kappa shape index (κ3) is 2.91. The van der Waals surface area contributed by atoms with Crippen molar-refractivity contribution in [3.05, 3.63) is 35.6 Å². The molecule has 0 aliphatic carbocycles. The lowest BCUT2D eigenvalue weighted by molar-refractivity contribution is -0.0272. The highest BCUT2D eigenvalue weighted by atomic mass is 35.5. The van der Waals surface area contributed by atoms with Crippen LogP contribution in [0.25, 0.3) is 0 Å². The van der Waals surface area contributed by atoms with Gasteiger partial charge in [-0.2, -0.15) is 0 Å². The van der Waals surface area contributed by atoms with Gasteiger partial charge in [0.05, 0.1) is 6.61 Å². The second kappa shape index (κ2) is 5.45. The average Bonchev–Trinajstić information content (AvgIpc) is 2.20. The quantitative estimate of drug-likeness (QED) is 0.802. The van der Waals surface area contributed by atoms with Crippen molar-refractivity contribution in [3.8, 4) is 0 Å². The predicted molar refractivity (Wildman–Crippen MR) is 59.5 cm³/mol. The van der Waals surface area contributed by atoms with E-state index in [2.05, 4.69) is 12.2 Å². The number of ether oxygens (including phenoxy) is 1. The molecule has 2 rings (SSSR count). The summed E-state index contributed by atoms with van der Waals surface area (Å²) in [6.07, 6.45) is -0.285. The number of hydrogen-bond acceptors (Lipinski definition) is 2. The number of hydrogen-bond donors (Lipinski definition) is 1. The lowest BCUT2D eigenvalue weighted by atomic mass is 10.1. The maximum Gasteiger partial charge on any atom is 0.137 e. The van der Waals surface area contributed by atoms with E-state index in [-0.39, 0.29) is 24.5 Å². The Bertz CT molecular complexity index is 313. The van der Waals surface area contributed by atoms with Crippen molar-refractivity contribution < 1.29 is 9.13 Å². The van der Waals surface area contributed by atoms with Crippen LogP contribution in [0.5, 0.6) is 0 Å². The zero-order chi connectivity index (χ0) is 9.97. The summed E-state index contributed by atoms with van der Waals surface area (Å²) in [4.78, 5) is 0. The van der Waals surface area contributed by atoms with E-state index in [1.54, 1.807) is 12.1 Å². The first-order chi connectivity index (χ1) is 6.77. The molecule has 4 heteroatoms. The van der Waals surface area contributed by atoms with E-state index in [9.17, 15) is 4.39 Å². The van der Waals surface area contributed by atoms with Gasteiger partial charge < -0.3 is 4.74 Å². The van der Waals surface area contributed by atoms with E-state index < -0.39 is 0 Å². The number of halogens is 2. The summed E-state index contributed by atoms with van der Waals surface area (Å²) in [5.41, 5.74) is 0.597. The molecule has 0 aromatic heterocycles. The molecule has 1 N–H and O–H groups in total. The van der Waals surface area contributed by atoms with Gasteiger partial charge >= 0.3 is 0 Å². The van der Waals surface area contributed by atoms with Crippen LogP contribution in [-0.2, 0) is 4.74 Å². The largest absolute Gasteiger partial charge is 0.359 e. The Morgan fingerprint density at radius 1 is 1.40 bits per heavy atom. The van der Waals surface area contributed by atoms with E-state index in [0.717, 1.165) is 6.54 Å². The normalized spacial score (nSPS) is 25.7. The second-order valence-corrected chi connectivity index (χ2v) is 3.75. The molecule has 2 nitrogen and oxygen atoms in total. The summed E-state index contributed by atoms with van der Waals surface area (Å²) in [6.45, 7) is 3.66. The van der Waals surface area contributed by atoms with Crippen molar-refractivity contribution in [1.29, 1.82) is 0 Å². The molecule has 84 valence electrons. The molecule has 0 bridgehead atoms. The van der Waals surface area contributed by atoms with Crippen LogP contribution in [0.2, 0.25) is 0 Å². The maximum absolute atomic E-state index is 13.4. The molecule has 1 heterocycles. The summed E-state index contributed by atoms with van der Waals surface area (Å²) in [6, 6.07) is 6.72. The van der Waals surface area contributed by atoms with Crippen molar-refractivity contribution in [1.82, 2.24) is 5.32 Å². The molecule has 0 radical (unpaired) electrons. The Morgan fingerprint density at radius 2 is 2.13 bits per heavy atom. The van der Waals surface area contributed by atoms with Crippen LogP contribution in [0, 0.1) is 11.7 Å². The van der Waals surface area contributed by atoms with E-state index in [0.29, 0.717) is 18.1 Å². The molecule has 2 unspecified atom stereocenters. The van der Waals surface area contributed by atoms with E-state index >= 15 is 0 Å². The zero-order valence-corrected chi connectivity index (χ0v) is 9.39. The molecule has 1 aromatic carbocycles. The van der Waals surface area contributed by atoms with E-state index in [1.165, 1.54) is 6.07 Å². The number of benzene rings is 1. The van der Waals surface area contributed by atoms with Gasteiger partial charge in [-0.25, -0.2) is 4.39 Å². The van der Waals surface area contributed by atoms with Gasteiger partial charge in [-0.05, 0) is 12.0 Å². The van der Waals surface area contributed by atoms with E-state index in [1.807, 2.05) is 6.07 Å². The SMILES string of the molecule is CC1CNC(c2ccccc2F)OC1.Cl. The summed E-state index contributed by atoms with van der Waals surface area (Å²) in [7, 11) is 0. The van der Waals surface area contributed by atoms with Crippen molar-refractivity contribution in [3.63, 3.8) is 0 Å². The third-order valence-corrected chi connectivity index (χ3v) is 2.39. The molecule has 1 saturated heterocycles. The van der Waals surface area contributed by atoms with Gasteiger partial charge in [0.25, 0.3) is 0 Å². The van der Waals surface area contributed by atoms with Crippen LogP contribution in [0.1, 0.15) is 18.7 Å². The first-order valence-electron chi connectivity index (χ1n) is 4.87. The Hall–Kier alpha value is -0.640. The fourth-order valence-electron chi connectivity index (χ4n) is 1.57. The Balaban J connectivity index is 0.00000112.